The minimum atomic E-state index is -1.56. The quantitative estimate of drug-likeness (QED) is 0.0289. The van der Waals surface area contributed by atoms with Crippen molar-refractivity contribution in [3.05, 3.63) is 24.3 Å². The van der Waals surface area contributed by atoms with Crippen LogP contribution in [-0.2, 0) is 14.3 Å². The summed E-state index contributed by atoms with van der Waals surface area (Å²) in [6, 6.07) is -0.804. The van der Waals surface area contributed by atoms with Gasteiger partial charge in [-0.15, -0.1) is 0 Å². The zero-order valence-electron chi connectivity index (χ0n) is 32.6. The maximum Gasteiger partial charge on any atom is 0.220 e. The summed E-state index contributed by atoms with van der Waals surface area (Å²) < 4.78 is 11.2. The zero-order chi connectivity index (χ0) is 37.4. The van der Waals surface area contributed by atoms with Crippen LogP contribution in [0.15, 0.2) is 24.3 Å². The highest BCUT2D eigenvalue weighted by atomic mass is 16.7. The average molecular weight is 726 g/mol. The molecule has 2 unspecified atom stereocenters. The first kappa shape index (κ1) is 47.7. The Morgan fingerprint density at radius 2 is 1.10 bits per heavy atom. The second-order valence-corrected chi connectivity index (χ2v) is 14.8. The molecule has 300 valence electrons. The maximum absolute atomic E-state index is 12.9. The van der Waals surface area contributed by atoms with E-state index >= 15 is 0 Å². The number of aliphatic hydroxyl groups is 5. The number of carbonyl (C=O) groups is 1. The second kappa shape index (κ2) is 33.3. The lowest BCUT2D eigenvalue weighted by Gasteiger charge is -2.40. The van der Waals surface area contributed by atoms with Crippen molar-refractivity contribution in [2.75, 3.05) is 13.2 Å². The molecule has 7 atom stereocenters. The molecule has 0 saturated carbocycles. The molecule has 1 rings (SSSR count). The first-order valence-corrected chi connectivity index (χ1v) is 21.1. The number of hydrogen-bond donors (Lipinski definition) is 6. The Morgan fingerprint density at radius 1 is 0.647 bits per heavy atom. The van der Waals surface area contributed by atoms with E-state index in [1.165, 1.54) is 103 Å². The number of aliphatic hydroxyl groups excluding tert-OH is 5. The minimum absolute atomic E-state index is 0.187. The summed E-state index contributed by atoms with van der Waals surface area (Å²) in [4.78, 5) is 12.9. The van der Waals surface area contributed by atoms with Gasteiger partial charge in [-0.05, 0) is 44.9 Å². The zero-order valence-corrected chi connectivity index (χ0v) is 32.6. The van der Waals surface area contributed by atoms with E-state index in [1.807, 2.05) is 6.08 Å². The van der Waals surface area contributed by atoms with Crippen LogP contribution in [0, 0.1) is 0 Å². The fraction of sp³-hybridized carbons (Fsp3) is 0.881. The summed E-state index contributed by atoms with van der Waals surface area (Å²) in [6.45, 7) is 3.74. The lowest BCUT2D eigenvalue weighted by molar-refractivity contribution is -0.302. The lowest BCUT2D eigenvalue weighted by Crippen LogP contribution is -2.60. The van der Waals surface area contributed by atoms with E-state index < -0.39 is 49.5 Å². The molecule has 9 heteroatoms. The van der Waals surface area contributed by atoms with Crippen molar-refractivity contribution in [3.63, 3.8) is 0 Å². The molecule has 9 nitrogen and oxygen atoms in total. The van der Waals surface area contributed by atoms with Gasteiger partial charge in [-0.3, -0.25) is 4.79 Å². The van der Waals surface area contributed by atoms with Crippen molar-refractivity contribution in [2.24, 2.45) is 0 Å². The molecule has 1 saturated heterocycles. The summed E-state index contributed by atoms with van der Waals surface area (Å²) >= 11 is 0. The first-order chi connectivity index (χ1) is 24.8. The second-order valence-electron chi connectivity index (χ2n) is 14.8. The third-order valence-electron chi connectivity index (χ3n) is 10.0. The van der Waals surface area contributed by atoms with Crippen molar-refractivity contribution in [2.45, 2.75) is 224 Å². The van der Waals surface area contributed by atoms with Crippen molar-refractivity contribution >= 4 is 5.91 Å². The van der Waals surface area contributed by atoms with Gasteiger partial charge in [-0.25, -0.2) is 0 Å². The number of amides is 1. The van der Waals surface area contributed by atoms with Gasteiger partial charge in [-0.1, -0.05) is 154 Å². The van der Waals surface area contributed by atoms with E-state index in [2.05, 4.69) is 31.3 Å². The minimum Gasteiger partial charge on any atom is -0.394 e. The number of ether oxygens (including phenoxy) is 2. The lowest BCUT2D eigenvalue weighted by atomic mass is 9.99. The third-order valence-corrected chi connectivity index (χ3v) is 10.0. The van der Waals surface area contributed by atoms with E-state index in [9.17, 15) is 30.3 Å². The normalized spacial score (nSPS) is 22.2. The summed E-state index contributed by atoms with van der Waals surface area (Å²) in [7, 11) is 0. The van der Waals surface area contributed by atoms with E-state index in [1.54, 1.807) is 6.08 Å². The fourth-order valence-corrected chi connectivity index (χ4v) is 6.56. The number of allylic oxidation sites excluding steroid dienone is 3. The van der Waals surface area contributed by atoms with Gasteiger partial charge >= 0.3 is 0 Å². The van der Waals surface area contributed by atoms with Crippen molar-refractivity contribution in [3.8, 4) is 0 Å². The van der Waals surface area contributed by atoms with Gasteiger partial charge < -0.3 is 40.3 Å². The highest BCUT2D eigenvalue weighted by Gasteiger charge is 2.44. The number of nitrogens with one attached hydrogen (secondary N) is 1. The molecule has 1 aliphatic rings. The molecule has 1 heterocycles. The largest absolute Gasteiger partial charge is 0.394 e. The maximum atomic E-state index is 12.9. The molecule has 0 aromatic rings. The molecule has 1 aliphatic heterocycles. The summed E-state index contributed by atoms with van der Waals surface area (Å²) in [6.07, 6.45) is 30.7. The predicted molar refractivity (Wildman–Crippen MR) is 207 cm³/mol. The smallest absolute Gasteiger partial charge is 0.220 e. The van der Waals surface area contributed by atoms with Crippen LogP contribution in [-0.4, -0.2) is 87.5 Å². The summed E-state index contributed by atoms with van der Waals surface area (Å²) in [5, 5.41) is 54.0. The average Bonchev–Trinajstić information content (AvgIpc) is 3.13. The van der Waals surface area contributed by atoms with Crippen molar-refractivity contribution < 1.29 is 39.8 Å². The molecule has 0 aromatic heterocycles. The number of unbranched alkanes of at least 4 members (excludes halogenated alkanes) is 22. The van der Waals surface area contributed by atoms with Crippen LogP contribution in [0.1, 0.15) is 181 Å². The molecule has 0 radical (unpaired) electrons. The van der Waals surface area contributed by atoms with Crippen LogP contribution in [0.2, 0.25) is 0 Å². The molecule has 51 heavy (non-hydrogen) atoms. The Balaban J connectivity index is 2.42. The van der Waals surface area contributed by atoms with Gasteiger partial charge in [0.05, 0.1) is 25.4 Å². The Kier molecular flexibility index (Phi) is 31.1. The molecule has 0 aromatic carbocycles. The van der Waals surface area contributed by atoms with Crippen LogP contribution in [0.4, 0.5) is 0 Å². The number of hydrogen-bond acceptors (Lipinski definition) is 8. The van der Waals surface area contributed by atoms with Gasteiger partial charge in [0.25, 0.3) is 0 Å². The van der Waals surface area contributed by atoms with E-state index in [0.29, 0.717) is 6.42 Å². The summed E-state index contributed by atoms with van der Waals surface area (Å²) in [5.41, 5.74) is 0. The molecule has 1 amide bonds. The topological polar surface area (TPSA) is 149 Å². The third kappa shape index (κ3) is 24.6. The highest BCUT2D eigenvalue weighted by Crippen LogP contribution is 2.22. The predicted octanol–water partition coefficient (Wildman–Crippen LogP) is 7.94. The SMILES string of the molecule is CCCCCCC/C=C/CCCCCCCC(=O)N[C@@H](CO[C@H]1O[C@@H](CO)[C@H](O)C(O)C1O)[C@H](O)/C=C/CCCCCCCCCCCCCC. The first-order valence-electron chi connectivity index (χ1n) is 21.1. The van der Waals surface area contributed by atoms with E-state index in [0.717, 1.165) is 57.8 Å². The van der Waals surface area contributed by atoms with Gasteiger partial charge in [-0.2, -0.15) is 0 Å². The molecule has 0 spiro atoms. The molecule has 0 bridgehead atoms. The molecule has 1 fully saturated rings. The van der Waals surface area contributed by atoms with Crippen LogP contribution < -0.4 is 5.32 Å². The van der Waals surface area contributed by atoms with Crippen molar-refractivity contribution in [1.82, 2.24) is 5.32 Å². The van der Waals surface area contributed by atoms with Crippen molar-refractivity contribution in [1.29, 1.82) is 0 Å². The monoisotopic (exact) mass is 726 g/mol. The highest BCUT2D eigenvalue weighted by molar-refractivity contribution is 5.76. The van der Waals surface area contributed by atoms with E-state index in [-0.39, 0.29) is 12.5 Å². The molecule has 6 N–H and O–H groups in total. The van der Waals surface area contributed by atoms with E-state index in [4.69, 9.17) is 9.47 Å². The Hall–Kier alpha value is -1.33. The molecular formula is C42H79NO8. The van der Waals surface area contributed by atoms with Crippen LogP contribution in [0.5, 0.6) is 0 Å². The summed E-state index contributed by atoms with van der Waals surface area (Å²) in [5.74, 6) is -0.187. The Labute approximate surface area is 311 Å². The van der Waals surface area contributed by atoms with Crippen LogP contribution in [0.25, 0.3) is 0 Å². The Bertz CT molecular complexity index is 853. The van der Waals surface area contributed by atoms with Gasteiger partial charge in [0, 0.05) is 6.42 Å². The number of rotatable bonds is 34. The van der Waals surface area contributed by atoms with Gasteiger partial charge in [0.1, 0.15) is 24.4 Å². The number of carbonyl (C=O) groups excluding carboxylic acids is 1. The van der Waals surface area contributed by atoms with Crippen LogP contribution >= 0.6 is 0 Å². The Morgan fingerprint density at radius 3 is 1.59 bits per heavy atom. The molecule has 0 aliphatic carbocycles. The standard InChI is InChI=1S/C42H79NO8/c1-3-5-7-9-11-13-15-17-19-21-23-25-27-29-31-36(45)35(34-50-42-41(49)40(48)39(47)37(33-44)51-42)43-38(46)32-30-28-26-24-22-20-18-16-14-12-10-8-6-4-2/h16,18,29,31,35-37,39-42,44-45,47-49H,3-15,17,19-28,30,32-34H2,1-2H3,(H,43,46)/b18-16+,31-29+/t35-,36+,37-,39-,40?,41?,42-/m0/s1. The van der Waals surface area contributed by atoms with Crippen LogP contribution in [0.3, 0.4) is 0 Å². The van der Waals surface area contributed by atoms with Gasteiger partial charge in [0.2, 0.25) is 5.91 Å². The van der Waals surface area contributed by atoms with Gasteiger partial charge in [0.15, 0.2) is 6.29 Å². The molecular weight excluding hydrogens is 646 g/mol. The fourth-order valence-electron chi connectivity index (χ4n) is 6.56.